The normalized spacial score (nSPS) is 11.0. The maximum absolute atomic E-state index is 12.4. The fourth-order valence-electron chi connectivity index (χ4n) is 3.00. The summed E-state index contributed by atoms with van der Waals surface area (Å²) in [6, 6.07) is 10.7. The van der Waals surface area contributed by atoms with Gasteiger partial charge in [0.1, 0.15) is 9.21 Å². The molecule has 4 rings (SSSR count). The Hall–Kier alpha value is -2.01. The lowest BCUT2D eigenvalue weighted by atomic mass is 10.1. The van der Waals surface area contributed by atoms with Crippen molar-refractivity contribution >= 4 is 131 Å². The summed E-state index contributed by atoms with van der Waals surface area (Å²) < 4.78 is 49.9. The van der Waals surface area contributed by atoms with Crippen molar-refractivity contribution in [3.8, 4) is 0 Å². The van der Waals surface area contributed by atoms with Crippen molar-refractivity contribution in [2.75, 3.05) is 10.5 Å². The smallest absolute Gasteiger partial charge is 0.262 e. The molecule has 0 spiro atoms. The van der Waals surface area contributed by atoms with Gasteiger partial charge in [0.05, 0.1) is 41.3 Å². The number of Topliss-reactive ketones (excluding diaryl/α,β-unsaturated/α-hetero) is 2. The van der Waals surface area contributed by atoms with Crippen molar-refractivity contribution in [2.24, 2.45) is 0 Å². The minimum absolute atomic E-state index is 0.0889. The highest BCUT2D eigenvalue weighted by atomic mass is 79.9. The summed E-state index contributed by atoms with van der Waals surface area (Å²) >= 11 is 29.2. The molecule has 2 aromatic heterocycles. The predicted octanol–water partition coefficient (Wildman–Crippen LogP) is 8.70. The Balaban J connectivity index is 0.000000261. The van der Waals surface area contributed by atoms with Crippen LogP contribution in [0.25, 0.3) is 0 Å². The number of anilines is 2. The summed E-state index contributed by atoms with van der Waals surface area (Å²) in [5, 5.41) is 1.23. The molecule has 240 valence electrons. The average molecular weight is 885 g/mol. The molecule has 45 heavy (non-hydrogen) atoms. The monoisotopic (exact) mass is 880 g/mol. The second-order valence-electron chi connectivity index (χ2n) is 8.46. The second-order valence-corrected chi connectivity index (χ2v) is 15.9. The van der Waals surface area contributed by atoms with Gasteiger partial charge >= 0.3 is 0 Å². The lowest BCUT2D eigenvalue weighted by Gasteiger charge is -2.11. The number of nitrogen functional groups attached to an aromatic ring is 1. The number of aromatic nitrogens is 2. The highest BCUT2D eigenvalue weighted by Crippen LogP contribution is 2.28. The zero-order valence-electron chi connectivity index (χ0n) is 22.7. The Kier molecular flexibility index (Phi) is 14.5. The molecular formula is C26H19Br2Cl5N4O6S2. The van der Waals surface area contributed by atoms with E-state index in [2.05, 4.69) is 46.5 Å². The molecule has 2 aromatic carbocycles. The number of hydrogen-bond acceptors (Lipinski definition) is 9. The van der Waals surface area contributed by atoms with Gasteiger partial charge in [-0.2, -0.15) is 0 Å². The minimum Gasteiger partial charge on any atom is -0.396 e. The first-order valence-electron chi connectivity index (χ1n) is 11.7. The van der Waals surface area contributed by atoms with Crippen LogP contribution < -0.4 is 10.5 Å². The predicted molar refractivity (Wildman–Crippen MR) is 185 cm³/mol. The van der Waals surface area contributed by atoms with Crippen molar-refractivity contribution in [2.45, 2.75) is 23.6 Å². The Labute approximate surface area is 300 Å². The van der Waals surface area contributed by atoms with Crippen LogP contribution in [0.2, 0.25) is 20.1 Å². The number of pyridine rings is 2. The number of carbonyl (C=O) groups excluding carboxylic acids is 2. The number of carbonyl (C=O) groups is 2. The van der Waals surface area contributed by atoms with Crippen molar-refractivity contribution in [3.63, 3.8) is 0 Å². The van der Waals surface area contributed by atoms with E-state index in [0.29, 0.717) is 19.9 Å². The van der Waals surface area contributed by atoms with Gasteiger partial charge in [-0.25, -0.2) is 26.8 Å². The van der Waals surface area contributed by atoms with E-state index in [4.69, 9.17) is 62.8 Å². The number of nitrogens with two attached hydrogens (primary N) is 1. The van der Waals surface area contributed by atoms with Crippen LogP contribution in [0, 0.1) is 0 Å². The molecule has 0 aliphatic rings. The van der Waals surface area contributed by atoms with E-state index in [9.17, 15) is 26.4 Å². The molecular weight excluding hydrogens is 866 g/mol. The topological polar surface area (TPSA) is 166 Å². The SMILES string of the molecule is CC(=O)c1cc(S(=O)(=O)Cl)ccc1Cl.CC(=O)c1cc(S(=O)(=O)Nc2cc(Cl)cnc2Br)ccc1Cl.Nc1cc(Cl)cnc1Br. The van der Waals surface area contributed by atoms with Gasteiger partial charge in [0.25, 0.3) is 19.1 Å². The Bertz CT molecular complexity index is 1980. The average Bonchev–Trinajstić information content (AvgIpc) is 2.93. The van der Waals surface area contributed by atoms with Gasteiger partial charge in [-0.3, -0.25) is 14.3 Å². The van der Waals surface area contributed by atoms with Gasteiger partial charge in [0.15, 0.2) is 11.6 Å². The molecule has 0 amide bonds. The molecule has 0 bridgehead atoms. The third-order valence-electron chi connectivity index (χ3n) is 5.11. The molecule has 0 atom stereocenters. The molecule has 0 saturated heterocycles. The quantitative estimate of drug-likeness (QED) is 0.109. The molecule has 10 nitrogen and oxygen atoms in total. The zero-order valence-corrected chi connectivity index (χ0v) is 31.2. The Morgan fingerprint density at radius 1 is 0.733 bits per heavy atom. The van der Waals surface area contributed by atoms with Crippen molar-refractivity contribution in [1.29, 1.82) is 0 Å². The van der Waals surface area contributed by atoms with Crippen LogP contribution in [0.4, 0.5) is 11.4 Å². The van der Waals surface area contributed by atoms with Crippen LogP contribution in [0.15, 0.2) is 79.9 Å². The summed E-state index contributed by atoms with van der Waals surface area (Å²) in [5.74, 6) is -0.634. The first kappa shape index (κ1) is 39.2. The number of ketones is 2. The first-order valence-corrected chi connectivity index (χ1v) is 18.6. The van der Waals surface area contributed by atoms with E-state index in [0.717, 1.165) is 6.07 Å². The minimum atomic E-state index is -3.91. The van der Waals surface area contributed by atoms with E-state index >= 15 is 0 Å². The standard InChI is InChI=1S/C13H9BrCl2N2O3S.C8H6Cl2O3S.C5H4BrClN2/c1-7(19)10-5-9(2-3-11(10)16)22(20,21)18-12-4-8(15)6-17-13(12)14;1-5(11)7-4-6(14(10,12)13)2-3-8(7)9;6-5-4(8)1-3(7)2-9-5/h2-6,18H,1H3;2-4H,1H3;1-2H,8H2. The number of sulfonamides is 1. The molecule has 0 aliphatic heterocycles. The van der Waals surface area contributed by atoms with Crippen molar-refractivity contribution < 1.29 is 26.4 Å². The van der Waals surface area contributed by atoms with E-state index in [1.165, 1.54) is 62.6 Å². The summed E-state index contributed by atoms with van der Waals surface area (Å²) in [5.41, 5.74) is 6.45. The fourth-order valence-corrected chi connectivity index (χ4v) is 6.35. The molecule has 0 radical (unpaired) electrons. The summed E-state index contributed by atoms with van der Waals surface area (Å²) in [7, 11) is -2.62. The fraction of sp³-hybridized carbons (Fsp3) is 0.0769. The lowest BCUT2D eigenvalue weighted by molar-refractivity contribution is 0.100. The number of nitrogens with one attached hydrogen (secondary N) is 1. The molecule has 0 saturated carbocycles. The van der Waals surface area contributed by atoms with Crippen LogP contribution in [0.5, 0.6) is 0 Å². The van der Waals surface area contributed by atoms with Crippen LogP contribution in [-0.2, 0) is 19.1 Å². The van der Waals surface area contributed by atoms with E-state index < -0.39 is 19.1 Å². The van der Waals surface area contributed by atoms with E-state index in [1.807, 2.05) is 0 Å². The van der Waals surface area contributed by atoms with Gasteiger partial charge in [0.2, 0.25) is 0 Å². The highest BCUT2D eigenvalue weighted by molar-refractivity contribution is 9.10. The van der Waals surface area contributed by atoms with Gasteiger partial charge in [-0.1, -0.05) is 46.4 Å². The largest absolute Gasteiger partial charge is 0.396 e. The first-order chi connectivity index (χ1) is 20.7. The van der Waals surface area contributed by atoms with Gasteiger partial charge in [-0.05, 0) is 94.2 Å². The molecule has 0 fully saturated rings. The highest BCUT2D eigenvalue weighted by Gasteiger charge is 2.19. The maximum Gasteiger partial charge on any atom is 0.262 e. The van der Waals surface area contributed by atoms with Crippen molar-refractivity contribution in [3.05, 3.63) is 101 Å². The third kappa shape index (κ3) is 11.9. The Morgan fingerprint density at radius 2 is 1.18 bits per heavy atom. The van der Waals surface area contributed by atoms with Crippen molar-refractivity contribution in [1.82, 2.24) is 9.97 Å². The number of benzene rings is 2. The van der Waals surface area contributed by atoms with Crippen LogP contribution in [0.3, 0.4) is 0 Å². The number of rotatable bonds is 6. The number of nitrogens with zero attached hydrogens (tertiary/aromatic N) is 2. The second kappa shape index (κ2) is 16.7. The molecule has 2 heterocycles. The van der Waals surface area contributed by atoms with Gasteiger partial charge < -0.3 is 5.73 Å². The molecule has 0 unspecified atom stereocenters. The molecule has 19 heteroatoms. The summed E-state index contributed by atoms with van der Waals surface area (Å²) in [6.07, 6.45) is 2.90. The Morgan fingerprint density at radius 3 is 1.62 bits per heavy atom. The summed E-state index contributed by atoms with van der Waals surface area (Å²) in [4.78, 5) is 30.0. The number of halogens is 7. The van der Waals surface area contributed by atoms with Gasteiger partial charge in [0, 0.05) is 34.2 Å². The number of hydrogen-bond donors (Lipinski definition) is 2. The maximum atomic E-state index is 12.4. The van der Waals surface area contributed by atoms with Gasteiger partial charge in [-0.15, -0.1) is 0 Å². The van der Waals surface area contributed by atoms with E-state index in [-0.39, 0.29) is 53.2 Å². The van der Waals surface area contributed by atoms with Crippen LogP contribution >= 0.6 is 88.9 Å². The summed E-state index contributed by atoms with van der Waals surface area (Å²) in [6.45, 7) is 2.61. The lowest BCUT2D eigenvalue weighted by Crippen LogP contribution is -2.14. The molecule has 0 aliphatic carbocycles. The van der Waals surface area contributed by atoms with Crippen LogP contribution in [0.1, 0.15) is 34.6 Å². The molecule has 4 aromatic rings. The third-order valence-corrected chi connectivity index (χ3v) is 10.2. The molecule has 3 N–H and O–H groups in total. The van der Waals surface area contributed by atoms with Crippen LogP contribution in [-0.4, -0.2) is 38.4 Å². The van der Waals surface area contributed by atoms with E-state index in [1.54, 1.807) is 6.07 Å². The zero-order chi connectivity index (χ0) is 34.3.